The van der Waals surface area contributed by atoms with Crippen LogP contribution in [-0.2, 0) is 16.0 Å². The van der Waals surface area contributed by atoms with Crippen molar-refractivity contribution in [3.8, 4) is 6.07 Å². The van der Waals surface area contributed by atoms with Gasteiger partial charge in [-0.2, -0.15) is 5.26 Å². The number of nitriles is 1. The van der Waals surface area contributed by atoms with Gasteiger partial charge in [0.1, 0.15) is 18.2 Å². The molecule has 2 atom stereocenters. The standard InChI is InChI=1S/C27H37BF2N4O5/c1-26(2,33-15-13-27(29,30)19-33)16-21(17-31)24(35)34-14-7-6-10-22(34)18-39-25(36)32-23(28(37)38)12-11-20-8-4-3-5-9-20/h3-5,8-9,16,22-23,37-38H,6-7,10-15,18-19H2,1-2H3,(H,32,36)/t22-,23?/m1/s1. The topological polar surface area (TPSA) is 126 Å². The summed E-state index contributed by atoms with van der Waals surface area (Å²) in [6.07, 6.45) is 3.19. The fraction of sp³-hybridized carbons (Fsp3) is 0.593. The predicted molar refractivity (Wildman–Crippen MR) is 141 cm³/mol. The fourth-order valence-corrected chi connectivity index (χ4v) is 5.04. The Balaban J connectivity index is 1.60. The normalized spacial score (nSPS) is 20.7. The van der Waals surface area contributed by atoms with E-state index >= 15 is 0 Å². The first-order valence-corrected chi connectivity index (χ1v) is 13.3. The van der Waals surface area contributed by atoms with Gasteiger partial charge in [-0.05, 0) is 57.6 Å². The van der Waals surface area contributed by atoms with Gasteiger partial charge < -0.3 is 25.0 Å². The van der Waals surface area contributed by atoms with Crippen LogP contribution in [0.15, 0.2) is 42.0 Å². The Hall–Kier alpha value is -3.01. The van der Waals surface area contributed by atoms with Crippen LogP contribution in [-0.4, -0.2) is 88.7 Å². The quantitative estimate of drug-likeness (QED) is 0.234. The van der Waals surface area contributed by atoms with Crippen molar-refractivity contribution in [2.24, 2.45) is 0 Å². The molecule has 0 aromatic heterocycles. The van der Waals surface area contributed by atoms with E-state index in [1.807, 2.05) is 36.4 Å². The number of ether oxygens (including phenoxy) is 1. The number of alkyl carbamates (subject to hydrolysis) is 1. The van der Waals surface area contributed by atoms with Crippen LogP contribution in [0.1, 0.15) is 51.5 Å². The third-order valence-corrected chi connectivity index (χ3v) is 7.38. The van der Waals surface area contributed by atoms with Crippen LogP contribution in [0.25, 0.3) is 0 Å². The van der Waals surface area contributed by atoms with E-state index in [9.17, 15) is 33.7 Å². The van der Waals surface area contributed by atoms with Crippen molar-refractivity contribution < 1.29 is 33.2 Å². The van der Waals surface area contributed by atoms with E-state index in [0.717, 1.165) is 12.0 Å². The number of aryl methyl sites for hydroxylation is 1. The highest BCUT2D eigenvalue weighted by atomic mass is 19.3. The molecule has 12 heteroatoms. The minimum absolute atomic E-state index is 0.134. The molecule has 0 radical (unpaired) electrons. The van der Waals surface area contributed by atoms with Gasteiger partial charge in [0.25, 0.3) is 11.8 Å². The second-order valence-electron chi connectivity index (χ2n) is 10.8. The number of carbonyl (C=O) groups excluding carboxylic acids is 2. The Morgan fingerprint density at radius 2 is 2.00 bits per heavy atom. The predicted octanol–water partition coefficient (Wildman–Crippen LogP) is 2.68. The molecule has 1 aromatic rings. The van der Waals surface area contributed by atoms with Crippen LogP contribution in [0, 0.1) is 11.3 Å². The number of carbonyl (C=O) groups is 2. The molecule has 2 saturated heterocycles. The van der Waals surface area contributed by atoms with Crippen LogP contribution in [0.2, 0.25) is 0 Å². The molecule has 0 aliphatic carbocycles. The largest absolute Gasteiger partial charge is 0.475 e. The van der Waals surface area contributed by atoms with E-state index in [2.05, 4.69) is 5.32 Å². The Morgan fingerprint density at radius 1 is 1.28 bits per heavy atom. The van der Waals surface area contributed by atoms with Crippen molar-refractivity contribution >= 4 is 19.1 Å². The molecule has 2 aliphatic heterocycles. The highest BCUT2D eigenvalue weighted by molar-refractivity contribution is 6.43. The summed E-state index contributed by atoms with van der Waals surface area (Å²) < 4.78 is 32.9. The highest BCUT2D eigenvalue weighted by Crippen LogP contribution is 2.33. The number of hydrogen-bond donors (Lipinski definition) is 3. The monoisotopic (exact) mass is 546 g/mol. The zero-order valence-electron chi connectivity index (χ0n) is 22.5. The number of hydrogen-bond acceptors (Lipinski definition) is 7. The van der Waals surface area contributed by atoms with Gasteiger partial charge in [0.05, 0.1) is 18.5 Å². The molecule has 3 N–H and O–H groups in total. The first-order chi connectivity index (χ1) is 18.4. The molecule has 9 nitrogen and oxygen atoms in total. The van der Waals surface area contributed by atoms with Gasteiger partial charge in [-0.1, -0.05) is 30.3 Å². The number of rotatable bonds is 10. The average molecular weight is 546 g/mol. The van der Waals surface area contributed by atoms with Gasteiger partial charge in [-0.3, -0.25) is 9.69 Å². The smallest absolute Gasteiger partial charge is 0.447 e. The number of piperidine rings is 1. The van der Waals surface area contributed by atoms with Crippen LogP contribution in [0.4, 0.5) is 13.6 Å². The zero-order chi connectivity index (χ0) is 28.6. The summed E-state index contributed by atoms with van der Waals surface area (Å²) in [6, 6.07) is 10.9. The SMILES string of the molecule is CC(C)(C=C(C#N)C(=O)N1CCCC[C@@H]1COC(=O)NC(CCc1ccccc1)B(O)O)N1CCC(F)(F)C1. The van der Waals surface area contributed by atoms with Gasteiger partial charge in [-0.15, -0.1) is 0 Å². The maximum atomic E-state index is 13.8. The van der Waals surface area contributed by atoms with Crippen molar-refractivity contribution in [2.45, 2.75) is 75.8 Å². The van der Waals surface area contributed by atoms with Crippen LogP contribution >= 0.6 is 0 Å². The third kappa shape index (κ3) is 8.75. The maximum Gasteiger partial charge on any atom is 0.475 e. The average Bonchev–Trinajstić information content (AvgIpc) is 3.29. The third-order valence-electron chi connectivity index (χ3n) is 7.38. The molecule has 1 unspecified atom stereocenters. The van der Waals surface area contributed by atoms with Crippen molar-refractivity contribution in [1.82, 2.24) is 15.1 Å². The summed E-state index contributed by atoms with van der Waals surface area (Å²) in [6.45, 7) is 3.35. The van der Waals surface area contributed by atoms with E-state index in [1.165, 1.54) is 11.0 Å². The summed E-state index contributed by atoms with van der Waals surface area (Å²) in [7, 11) is -1.78. The molecule has 1 aromatic carbocycles. The van der Waals surface area contributed by atoms with E-state index in [-0.39, 0.29) is 31.6 Å². The first-order valence-electron chi connectivity index (χ1n) is 13.3. The number of amides is 2. The number of benzene rings is 1. The van der Waals surface area contributed by atoms with Gasteiger partial charge in [-0.25, -0.2) is 13.6 Å². The molecule has 2 heterocycles. The first kappa shape index (κ1) is 30.5. The lowest BCUT2D eigenvalue weighted by Gasteiger charge is -2.36. The lowest BCUT2D eigenvalue weighted by molar-refractivity contribution is -0.131. The summed E-state index contributed by atoms with van der Waals surface area (Å²) in [4.78, 5) is 28.9. The Bertz CT molecular complexity index is 1060. The minimum atomic E-state index is -2.80. The number of nitrogens with zero attached hydrogens (tertiary/aromatic N) is 3. The highest BCUT2D eigenvalue weighted by Gasteiger charge is 2.43. The number of halogens is 2. The van der Waals surface area contributed by atoms with Crippen molar-refractivity contribution in [2.75, 3.05) is 26.2 Å². The summed E-state index contributed by atoms with van der Waals surface area (Å²) in [5.41, 5.74) is -0.0871. The molecule has 0 saturated carbocycles. The number of likely N-dealkylation sites (tertiary alicyclic amines) is 2. The molecular weight excluding hydrogens is 509 g/mol. The molecule has 39 heavy (non-hydrogen) atoms. The maximum absolute atomic E-state index is 13.8. The van der Waals surface area contributed by atoms with E-state index in [4.69, 9.17) is 4.74 Å². The van der Waals surface area contributed by atoms with Crippen LogP contribution in [0.5, 0.6) is 0 Å². The summed E-state index contributed by atoms with van der Waals surface area (Å²) in [5.74, 6) is -4.28. The molecule has 0 spiro atoms. The molecule has 212 valence electrons. The minimum Gasteiger partial charge on any atom is -0.447 e. The Labute approximate surface area is 228 Å². The van der Waals surface area contributed by atoms with Crippen molar-refractivity contribution in [1.29, 1.82) is 5.26 Å². The van der Waals surface area contributed by atoms with Crippen LogP contribution in [0.3, 0.4) is 0 Å². The Kier molecular flexibility index (Phi) is 10.5. The molecule has 0 bridgehead atoms. The summed E-state index contributed by atoms with van der Waals surface area (Å²) >= 11 is 0. The molecule has 2 fully saturated rings. The number of alkyl halides is 2. The number of nitrogens with one attached hydrogen (secondary N) is 1. The second-order valence-corrected chi connectivity index (χ2v) is 10.8. The molecular formula is C27H37BF2N4O5. The van der Waals surface area contributed by atoms with E-state index in [1.54, 1.807) is 18.7 Å². The fourth-order valence-electron chi connectivity index (χ4n) is 5.04. The second kappa shape index (κ2) is 13.4. The van der Waals surface area contributed by atoms with Gasteiger partial charge in [0.2, 0.25) is 0 Å². The lowest BCUT2D eigenvalue weighted by Crippen LogP contribution is -2.50. The zero-order valence-corrected chi connectivity index (χ0v) is 22.5. The van der Waals surface area contributed by atoms with Gasteiger partial charge in [0, 0.05) is 25.0 Å². The van der Waals surface area contributed by atoms with Gasteiger partial charge >= 0.3 is 13.2 Å². The molecule has 2 aliphatic rings. The van der Waals surface area contributed by atoms with E-state index < -0.39 is 49.1 Å². The Morgan fingerprint density at radius 3 is 2.62 bits per heavy atom. The van der Waals surface area contributed by atoms with Gasteiger partial charge in [0.15, 0.2) is 0 Å². The summed E-state index contributed by atoms with van der Waals surface area (Å²) in [5, 5.41) is 31.6. The van der Waals surface area contributed by atoms with Crippen LogP contribution < -0.4 is 5.32 Å². The lowest BCUT2D eigenvalue weighted by atomic mass is 9.76. The van der Waals surface area contributed by atoms with Crippen molar-refractivity contribution in [3.63, 3.8) is 0 Å². The molecule has 2 amide bonds. The molecule has 3 rings (SSSR count). The van der Waals surface area contributed by atoms with E-state index in [0.29, 0.717) is 25.8 Å². The van der Waals surface area contributed by atoms with Crippen molar-refractivity contribution in [3.05, 3.63) is 47.5 Å².